The van der Waals surface area contributed by atoms with Gasteiger partial charge in [-0.25, -0.2) is 4.79 Å². The molecule has 2 aliphatic heterocycles. The van der Waals surface area contributed by atoms with E-state index in [1.807, 2.05) is 29.2 Å². The zero-order valence-electron chi connectivity index (χ0n) is 18.2. The smallest absolute Gasteiger partial charge is 0.344 e. The Balaban J connectivity index is 1.27. The van der Waals surface area contributed by atoms with Gasteiger partial charge in [0.2, 0.25) is 0 Å². The van der Waals surface area contributed by atoms with Crippen LogP contribution < -0.4 is 20.4 Å². The number of amides is 4. The van der Waals surface area contributed by atoms with Gasteiger partial charge in [-0.2, -0.15) is 5.01 Å². The maximum Gasteiger partial charge on any atom is 0.344 e. The maximum atomic E-state index is 12.9. The fraction of sp³-hybridized carbons (Fsp3) is 0.591. The summed E-state index contributed by atoms with van der Waals surface area (Å²) in [5.41, 5.74) is 2.80. The highest BCUT2D eigenvalue weighted by molar-refractivity contribution is 6.08. The minimum absolute atomic E-state index is 0.150. The first-order valence-corrected chi connectivity index (χ1v) is 11.0. The fourth-order valence-electron chi connectivity index (χ4n) is 4.64. The molecule has 4 amide bonds. The Kier molecular flexibility index (Phi) is 6.04. The Labute approximate surface area is 182 Å². The number of carbonyl (C=O) groups excluding carboxylic acids is 3. The van der Waals surface area contributed by atoms with Crippen molar-refractivity contribution < 1.29 is 19.1 Å². The van der Waals surface area contributed by atoms with Gasteiger partial charge in [0, 0.05) is 31.9 Å². The molecular weight excluding hydrogens is 398 g/mol. The molecule has 1 spiro atoms. The molecule has 9 heteroatoms. The summed E-state index contributed by atoms with van der Waals surface area (Å²) < 4.78 is 5.20. The number of methoxy groups -OCH3 is 1. The van der Waals surface area contributed by atoms with Gasteiger partial charge in [-0.15, -0.1) is 0 Å². The van der Waals surface area contributed by atoms with E-state index >= 15 is 0 Å². The van der Waals surface area contributed by atoms with Crippen molar-refractivity contribution in [3.8, 4) is 5.75 Å². The standard InChI is InChI=1S/C22H31N5O4/c1-16-7-9-22(10-8-16)20(29)27(21(30)23-22)24-19(28)15-25-11-13-26(14-12-25)17-3-5-18(31-2)6-4-17/h3-6,16H,7-15H2,1-2H3,(H,23,30)(H,24,28). The molecule has 3 fully saturated rings. The number of carbonyl (C=O) groups is 3. The van der Waals surface area contributed by atoms with E-state index in [2.05, 4.69) is 22.6 Å². The van der Waals surface area contributed by atoms with Crippen molar-refractivity contribution in [1.29, 1.82) is 0 Å². The van der Waals surface area contributed by atoms with Crippen molar-refractivity contribution in [2.45, 2.75) is 38.1 Å². The number of hydrogen-bond donors (Lipinski definition) is 2. The Morgan fingerprint density at radius 3 is 2.39 bits per heavy atom. The Hall–Kier alpha value is -2.81. The molecule has 3 aliphatic rings. The zero-order valence-corrected chi connectivity index (χ0v) is 18.2. The summed E-state index contributed by atoms with van der Waals surface area (Å²) in [5.74, 6) is 0.698. The summed E-state index contributed by atoms with van der Waals surface area (Å²) in [6.45, 7) is 5.34. The van der Waals surface area contributed by atoms with E-state index in [0.29, 0.717) is 18.8 Å². The molecule has 168 valence electrons. The van der Waals surface area contributed by atoms with E-state index in [0.717, 1.165) is 55.5 Å². The average molecular weight is 430 g/mol. The minimum atomic E-state index is -0.846. The Bertz CT molecular complexity index is 827. The van der Waals surface area contributed by atoms with Crippen LogP contribution >= 0.6 is 0 Å². The molecule has 0 aromatic heterocycles. The number of nitrogens with zero attached hydrogens (tertiary/aromatic N) is 3. The van der Waals surface area contributed by atoms with Crippen molar-refractivity contribution in [3.05, 3.63) is 24.3 Å². The number of piperazine rings is 1. The number of hydrazine groups is 1. The van der Waals surface area contributed by atoms with E-state index < -0.39 is 11.6 Å². The number of ether oxygens (including phenoxy) is 1. The van der Waals surface area contributed by atoms with Crippen molar-refractivity contribution in [2.24, 2.45) is 5.92 Å². The summed E-state index contributed by atoms with van der Waals surface area (Å²) in [7, 11) is 1.65. The van der Waals surface area contributed by atoms with Crippen molar-refractivity contribution in [2.75, 3.05) is 44.7 Å². The molecule has 0 radical (unpaired) electrons. The number of nitrogens with one attached hydrogen (secondary N) is 2. The second-order valence-corrected chi connectivity index (χ2v) is 8.83. The molecule has 4 rings (SSSR count). The minimum Gasteiger partial charge on any atom is -0.497 e. The van der Waals surface area contributed by atoms with E-state index in [-0.39, 0.29) is 18.4 Å². The van der Waals surface area contributed by atoms with Crippen LogP contribution in [-0.4, -0.2) is 73.1 Å². The lowest BCUT2D eigenvalue weighted by Crippen LogP contribution is -2.54. The van der Waals surface area contributed by atoms with Crippen LogP contribution in [0.25, 0.3) is 0 Å². The summed E-state index contributed by atoms with van der Waals surface area (Å²) in [5, 5.41) is 3.71. The molecule has 2 N–H and O–H groups in total. The van der Waals surface area contributed by atoms with Crippen LogP contribution in [0.2, 0.25) is 0 Å². The van der Waals surface area contributed by atoms with Gasteiger partial charge in [0.1, 0.15) is 11.3 Å². The van der Waals surface area contributed by atoms with Crippen molar-refractivity contribution >= 4 is 23.5 Å². The number of anilines is 1. The molecule has 9 nitrogen and oxygen atoms in total. The molecule has 31 heavy (non-hydrogen) atoms. The van der Waals surface area contributed by atoms with Crippen LogP contribution in [0.3, 0.4) is 0 Å². The van der Waals surface area contributed by atoms with Gasteiger partial charge in [0.15, 0.2) is 0 Å². The van der Waals surface area contributed by atoms with Crippen LogP contribution in [0, 0.1) is 5.92 Å². The normalized spacial score (nSPS) is 26.8. The van der Waals surface area contributed by atoms with E-state index in [9.17, 15) is 14.4 Å². The van der Waals surface area contributed by atoms with E-state index in [1.165, 1.54) is 0 Å². The fourth-order valence-corrected chi connectivity index (χ4v) is 4.64. The predicted molar refractivity (Wildman–Crippen MR) is 116 cm³/mol. The summed E-state index contributed by atoms with van der Waals surface area (Å²) >= 11 is 0. The van der Waals surface area contributed by atoms with Gasteiger partial charge in [-0.1, -0.05) is 6.92 Å². The number of urea groups is 1. The highest BCUT2D eigenvalue weighted by atomic mass is 16.5. The average Bonchev–Trinajstić information content (AvgIpc) is 3.00. The molecule has 1 aliphatic carbocycles. The first-order valence-electron chi connectivity index (χ1n) is 11.0. The molecule has 0 bridgehead atoms. The SMILES string of the molecule is COc1ccc(N2CCN(CC(=O)NN3C(=O)NC4(CCC(C)CC4)C3=O)CC2)cc1. The van der Waals surface area contributed by atoms with Gasteiger partial charge < -0.3 is 15.0 Å². The van der Waals surface area contributed by atoms with Gasteiger partial charge in [0.25, 0.3) is 11.8 Å². The molecular formula is C22H31N5O4. The first kappa shape index (κ1) is 21.4. The lowest BCUT2D eigenvalue weighted by Gasteiger charge is -2.36. The molecule has 1 aromatic rings. The Morgan fingerprint density at radius 2 is 1.77 bits per heavy atom. The lowest BCUT2D eigenvalue weighted by molar-refractivity contribution is -0.140. The lowest BCUT2D eigenvalue weighted by atomic mass is 9.77. The number of hydrogen-bond acceptors (Lipinski definition) is 6. The Morgan fingerprint density at radius 1 is 1.13 bits per heavy atom. The molecule has 1 saturated carbocycles. The van der Waals surface area contributed by atoms with Crippen molar-refractivity contribution in [3.63, 3.8) is 0 Å². The molecule has 0 atom stereocenters. The van der Waals surface area contributed by atoms with Gasteiger partial charge in [-0.05, 0) is 55.9 Å². The van der Waals surface area contributed by atoms with Crippen LogP contribution in [0.4, 0.5) is 10.5 Å². The first-order chi connectivity index (χ1) is 14.9. The van der Waals surface area contributed by atoms with E-state index in [1.54, 1.807) is 7.11 Å². The topological polar surface area (TPSA) is 94.2 Å². The molecule has 2 heterocycles. The van der Waals surface area contributed by atoms with Crippen LogP contribution in [0.5, 0.6) is 5.75 Å². The third-order valence-corrected chi connectivity index (χ3v) is 6.70. The van der Waals surface area contributed by atoms with Crippen LogP contribution in [0.1, 0.15) is 32.6 Å². The second-order valence-electron chi connectivity index (χ2n) is 8.83. The zero-order chi connectivity index (χ0) is 22.0. The summed E-state index contributed by atoms with van der Waals surface area (Å²) in [6.07, 6.45) is 3.04. The molecule has 2 saturated heterocycles. The predicted octanol–water partition coefficient (Wildman–Crippen LogP) is 1.35. The number of benzene rings is 1. The third kappa shape index (κ3) is 4.46. The highest BCUT2D eigenvalue weighted by Gasteiger charge is 2.52. The highest BCUT2D eigenvalue weighted by Crippen LogP contribution is 2.35. The molecule has 0 unspecified atom stereocenters. The number of imide groups is 1. The number of rotatable bonds is 5. The third-order valence-electron chi connectivity index (χ3n) is 6.70. The van der Waals surface area contributed by atoms with Crippen molar-refractivity contribution in [1.82, 2.24) is 20.7 Å². The monoisotopic (exact) mass is 429 g/mol. The van der Waals surface area contributed by atoms with Crippen LogP contribution in [-0.2, 0) is 9.59 Å². The quantitative estimate of drug-likeness (QED) is 0.687. The molecule has 1 aromatic carbocycles. The van der Waals surface area contributed by atoms with Gasteiger partial charge in [0.05, 0.1) is 13.7 Å². The largest absolute Gasteiger partial charge is 0.497 e. The second kappa shape index (κ2) is 8.74. The van der Waals surface area contributed by atoms with E-state index in [4.69, 9.17) is 4.74 Å². The van der Waals surface area contributed by atoms with Crippen LogP contribution in [0.15, 0.2) is 24.3 Å². The van der Waals surface area contributed by atoms with Gasteiger partial charge in [-0.3, -0.25) is 19.9 Å². The van der Waals surface area contributed by atoms with Gasteiger partial charge >= 0.3 is 6.03 Å². The maximum absolute atomic E-state index is 12.9. The summed E-state index contributed by atoms with van der Waals surface area (Å²) in [6, 6.07) is 7.40. The summed E-state index contributed by atoms with van der Waals surface area (Å²) in [4.78, 5) is 42.1.